The normalized spacial score (nSPS) is 14.1. The Labute approximate surface area is 199 Å². The molecule has 0 radical (unpaired) electrons. The fourth-order valence-corrected chi connectivity index (χ4v) is 5.63. The van der Waals surface area contributed by atoms with Gasteiger partial charge in [0.25, 0.3) is 0 Å². The van der Waals surface area contributed by atoms with E-state index in [1.165, 1.54) is 26.5 Å². The standard InChI is InChI=1S/C26H31NO3S2/c1-7-8-9-10-24(28)30-27-16(2)25(29)17-11-12-18-19-14-22(31-5)23(32-6)15-21(19)26(3,4)20(18)13-17/h11-15H,7-10H2,1-6H3/b27-16+. The molecule has 0 atom stereocenters. The molecule has 0 amide bonds. The topological polar surface area (TPSA) is 55.7 Å². The van der Waals surface area contributed by atoms with Crippen molar-refractivity contribution in [1.82, 2.24) is 0 Å². The predicted octanol–water partition coefficient (Wildman–Crippen LogP) is 7.12. The van der Waals surface area contributed by atoms with E-state index in [0.717, 1.165) is 24.8 Å². The molecule has 0 aromatic heterocycles. The Morgan fingerprint density at radius 2 is 1.62 bits per heavy atom. The minimum Gasteiger partial charge on any atom is -0.318 e. The summed E-state index contributed by atoms with van der Waals surface area (Å²) in [4.78, 5) is 32.3. The first-order valence-electron chi connectivity index (χ1n) is 10.9. The zero-order valence-electron chi connectivity index (χ0n) is 19.7. The monoisotopic (exact) mass is 469 g/mol. The Morgan fingerprint density at radius 3 is 2.28 bits per heavy atom. The first-order chi connectivity index (χ1) is 15.2. The van der Waals surface area contributed by atoms with E-state index in [9.17, 15) is 9.59 Å². The molecular weight excluding hydrogens is 438 g/mol. The summed E-state index contributed by atoms with van der Waals surface area (Å²) >= 11 is 3.51. The van der Waals surface area contributed by atoms with Crippen molar-refractivity contribution in [2.24, 2.45) is 5.16 Å². The van der Waals surface area contributed by atoms with Gasteiger partial charge in [0.15, 0.2) is 0 Å². The second-order valence-electron chi connectivity index (χ2n) is 8.56. The fraction of sp³-hybridized carbons (Fsp3) is 0.423. The minimum atomic E-state index is -0.398. The van der Waals surface area contributed by atoms with Crippen molar-refractivity contribution in [3.05, 3.63) is 47.0 Å². The Bertz CT molecular complexity index is 1070. The summed E-state index contributed by atoms with van der Waals surface area (Å²) in [7, 11) is 0. The van der Waals surface area contributed by atoms with Crippen molar-refractivity contribution in [3.63, 3.8) is 0 Å². The SMILES string of the molecule is CCCCCC(=O)O/N=C(\C)C(=O)c1ccc2c(c1)C(C)(C)c1cc(SC)c(SC)cc1-2. The smallest absolute Gasteiger partial charge is 0.318 e. The lowest BCUT2D eigenvalue weighted by molar-refractivity contribution is -0.143. The second kappa shape index (κ2) is 10.3. The quantitative estimate of drug-likeness (QED) is 0.0977. The Balaban J connectivity index is 1.87. The molecular formula is C26H31NO3S2. The van der Waals surface area contributed by atoms with Crippen LogP contribution in [0.25, 0.3) is 11.1 Å². The van der Waals surface area contributed by atoms with Gasteiger partial charge in [-0.05, 0) is 66.3 Å². The van der Waals surface area contributed by atoms with E-state index in [1.54, 1.807) is 30.4 Å². The van der Waals surface area contributed by atoms with Crippen molar-refractivity contribution in [3.8, 4) is 11.1 Å². The molecule has 0 spiro atoms. The number of unbranched alkanes of at least 4 members (excludes halogenated alkanes) is 2. The number of hydrogen-bond donors (Lipinski definition) is 0. The molecule has 0 heterocycles. The number of Topliss-reactive ketones (excluding diaryl/α,β-unsaturated/α-hetero) is 1. The summed E-state index contributed by atoms with van der Waals surface area (Å²) < 4.78 is 0. The van der Waals surface area contributed by atoms with Gasteiger partial charge in [0.05, 0.1) is 0 Å². The number of oxime groups is 1. The molecule has 6 heteroatoms. The maximum Gasteiger partial charge on any atom is 0.335 e. The molecule has 0 bridgehead atoms. The number of hydrogen-bond acceptors (Lipinski definition) is 6. The van der Waals surface area contributed by atoms with Crippen LogP contribution in [0.3, 0.4) is 0 Å². The molecule has 0 N–H and O–H groups in total. The average molecular weight is 470 g/mol. The van der Waals surface area contributed by atoms with E-state index in [-0.39, 0.29) is 16.9 Å². The van der Waals surface area contributed by atoms with E-state index < -0.39 is 5.97 Å². The van der Waals surface area contributed by atoms with Crippen LogP contribution in [0.1, 0.15) is 74.9 Å². The number of rotatable bonds is 9. The van der Waals surface area contributed by atoms with Gasteiger partial charge in [-0.2, -0.15) is 0 Å². The molecule has 3 rings (SSSR count). The van der Waals surface area contributed by atoms with Crippen LogP contribution in [0.4, 0.5) is 0 Å². The zero-order valence-corrected chi connectivity index (χ0v) is 21.3. The Kier molecular flexibility index (Phi) is 7.88. The van der Waals surface area contributed by atoms with E-state index in [2.05, 4.69) is 50.6 Å². The molecule has 1 aliphatic carbocycles. The minimum absolute atomic E-state index is 0.177. The molecule has 0 unspecified atom stereocenters. The number of nitrogens with zero attached hydrogens (tertiary/aromatic N) is 1. The van der Waals surface area contributed by atoms with Crippen molar-refractivity contribution < 1.29 is 14.4 Å². The van der Waals surface area contributed by atoms with Gasteiger partial charge < -0.3 is 4.84 Å². The van der Waals surface area contributed by atoms with E-state index >= 15 is 0 Å². The van der Waals surface area contributed by atoms with Crippen molar-refractivity contribution in [2.75, 3.05) is 12.5 Å². The van der Waals surface area contributed by atoms with E-state index in [4.69, 9.17) is 4.84 Å². The molecule has 32 heavy (non-hydrogen) atoms. The maximum atomic E-state index is 13.0. The largest absolute Gasteiger partial charge is 0.335 e. The molecule has 0 aliphatic heterocycles. The number of ketones is 1. The van der Waals surface area contributed by atoms with Gasteiger partial charge in [-0.15, -0.1) is 23.5 Å². The second-order valence-corrected chi connectivity index (χ2v) is 10.3. The van der Waals surface area contributed by atoms with Crippen LogP contribution < -0.4 is 0 Å². The molecule has 0 saturated heterocycles. The molecule has 0 fully saturated rings. The summed E-state index contributed by atoms with van der Waals surface area (Å²) in [6.07, 6.45) is 7.30. The van der Waals surface area contributed by atoms with Crippen molar-refractivity contribution >= 4 is 41.0 Å². The Hall–Kier alpha value is -2.05. The van der Waals surface area contributed by atoms with E-state index in [1.807, 2.05) is 18.2 Å². The number of carbonyl (C=O) groups is 2. The number of fused-ring (bicyclic) bond motifs is 3. The first-order valence-corrected chi connectivity index (χ1v) is 13.4. The van der Waals surface area contributed by atoms with Crippen LogP contribution in [0, 0.1) is 0 Å². The number of benzene rings is 2. The van der Waals surface area contributed by atoms with Gasteiger partial charge in [-0.1, -0.05) is 50.9 Å². The van der Waals surface area contributed by atoms with Crippen LogP contribution in [-0.4, -0.2) is 30.0 Å². The van der Waals surface area contributed by atoms with Gasteiger partial charge in [-0.25, -0.2) is 4.79 Å². The van der Waals surface area contributed by atoms with E-state index in [0.29, 0.717) is 12.0 Å². The molecule has 4 nitrogen and oxygen atoms in total. The van der Waals surface area contributed by atoms with Crippen LogP contribution in [0.15, 0.2) is 45.3 Å². The molecule has 2 aromatic rings. The molecule has 2 aromatic carbocycles. The molecule has 170 valence electrons. The van der Waals surface area contributed by atoms with Crippen LogP contribution >= 0.6 is 23.5 Å². The third-order valence-electron chi connectivity index (χ3n) is 6.04. The lowest BCUT2D eigenvalue weighted by atomic mass is 9.81. The van der Waals surface area contributed by atoms with Crippen LogP contribution in [0.2, 0.25) is 0 Å². The lowest BCUT2D eigenvalue weighted by Gasteiger charge is -2.22. The third-order valence-corrected chi connectivity index (χ3v) is 7.72. The fourth-order valence-electron chi connectivity index (χ4n) is 4.14. The number of carbonyl (C=O) groups excluding carboxylic acids is 2. The summed E-state index contributed by atoms with van der Waals surface area (Å²) in [5, 5.41) is 3.81. The van der Waals surface area contributed by atoms with Gasteiger partial charge in [0.2, 0.25) is 5.78 Å². The number of thioether (sulfide) groups is 2. The van der Waals surface area contributed by atoms with Crippen molar-refractivity contribution in [2.45, 2.75) is 68.6 Å². The first kappa shape index (κ1) is 24.6. The molecule has 1 aliphatic rings. The van der Waals surface area contributed by atoms with Gasteiger partial charge in [0, 0.05) is 27.2 Å². The Morgan fingerprint density at radius 1 is 0.969 bits per heavy atom. The predicted molar refractivity (Wildman–Crippen MR) is 135 cm³/mol. The molecule has 0 saturated carbocycles. The maximum absolute atomic E-state index is 13.0. The van der Waals surface area contributed by atoms with Gasteiger partial charge in [-0.3, -0.25) is 4.79 Å². The third kappa shape index (κ3) is 4.81. The van der Waals surface area contributed by atoms with Crippen molar-refractivity contribution in [1.29, 1.82) is 0 Å². The summed E-state index contributed by atoms with van der Waals surface area (Å²) in [5.74, 6) is -0.624. The highest BCUT2D eigenvalue weighted by Crippen LogP contribution is 2.51. The summed E-state index contributed by atoms with van der Waals surface area (Å²) in [5.41, 5.74) is 5.34. The van der Waals surface area contributed by atoms with Crippen LogP contribution in [0.5, 0.6) is 0 Å². The van der Waals surface area contributed by atoms with Crippen LogP contribution in [-0.2, 0) is 15.0 Å². The summed E-state index contributed by atoms with van der Waals surface area (Å²) in [6.45, 7) is 8.07. The summed E-state index contributed by atoms with van der Waals surface area (Å²) in [6, 6.07) is 10.4. The van der Waals surface area contributed by atoms with Gasteiger partial charge >= 0.3 is 5.97 Å². The zero-order chi connectivity index (χ0) is 23.5. The van der Waals surface area contributed by atoms with Gasteiger partial charge in [0.1, 0.15) is 5.71 Å². The average Bonchev–Trinajstić information content (AvgIpc) is 3.01. The highest BCUT2D eigenvalue weighted by atomic mass is 32.2. The highest BCUT2D eigenvalue weighted by Gasteiger charge is 2.36. The lowest BCUT2D eigenvalue weighted by Crippen LogP contribution is -2.17. The highest BCUT2D eigenvalue weighted by molar-refractivity contribution is 8.01.